The van der Waals surface area contributed by atoms with Crippen LogP contribution in [0.2, 0.25) is 0 Å². The molecule has 0 unspecified atom stereocenters. The fourth-order valence-electron chi connectivity index (χ4n) is 2.21. The van der Waals surface area contributed by atoms with E-state index in [9.17, 15) is 9.90 Å². The predicted molar refractivity (Wildman–Crippen MR) is 90.4 cm³/mol. The van der Waals surface area contributed by atoms with Crippen LogP contribution >= 0.6 is 11.8 Å². The molecule has 1 heterocycles. The molecule has 118 valence electrons. The fourth-order valence-corrected chi connectivity index (χ4v) is 3.03. The number of rotatable bonds is 8. The van der Waals surface area contributed by atoms with Gasteiger partial charge in [-0.15, -0.1) is 0 Å². The summed E-state index contributed by atoms with van der Waals surface area (Å²) in [5.41, 5.74) is 1.33. The normalized spacial score (nSPS) is 10.8. The molecule has 2 N–H and O–H groups in total. The largest absolute Gasteiger partial charge is 0.493 e. The predicted octanol–water partition coefficient (Wildman–Crippen LogP) is 3.89. The molecule has 22 heavy (non-hydrogen) atoms. The van der Waals surface area contributed by atoms with E-state index in [-0.39, 0.29) is 11.4 Å². The van der Waals surface area contributed by atoms with Crippen molar-refractivity contribution < 1.29 is 5.11 Å². The molecule has 4 nitrogen and oxygen atoms in total. The van der Waals surface area contributed by atoms with Gasteiger partial charge in [0, 0.05) is 5.75 Å². The number of hydrogen-bond acceptors (Lipinski definition) is 4. The molecule has 1 aromatic heterocycles. The highest BCUT2D eigenvalue weighted by molar-refractivity contribution is 7.98. The Morgan fingerprint density at radius 2 is 1.95 bits per heavy atom. The molecule has 2 rings (SSSR count). The van der Waals surface area contributed by atoms with E-state index >= 15 is 0 Å². The molecule has 5 heteroatoms. The third-order valence-electron chi connectivity index (χ3n) is 3.47. The summed E-state index contributed by atoms with van der Waals surface area (Å²) in [5, 5.41) is 10.4. The summed E-state index contributed by atoms with van der Waals surface area (Å²) in [6.07, 6.45) is 4.85. The van der Waals surface area contributed by atoms with Crippen LogP contribution in [0.5, 0.6) is 5.88 Å². The van der Waals surface area contributed by atoms with Crippen LogP contribution in [0.15, 0.2) is 40.3 Å². The second-order valence-corrected chi connectivity index (χ2v) is 6.22. The number of benzene rings is 1. The van der Waals surface area contributed by atoms with Crippen molar-refractivity contribution in [3.63, 3.8) is 0 Å². The monoisotopic (exact) mass is 318 g/mol. The number of aromatic hydroxyl groups is 1. The Hall–Kier alpha value is -1.75. The number of thioether (sulfide) groups is 1. The average molecular weight is 318 g/mol. The van der Waals surface area contributed by atoms with Crippen molar-refractivity contribution in [2.24, 2.45) is 0 Å². The average Bonchev–Trinajstić information content (AvgIpc) is 2.52. The van der Waals surface area contributed by atoms with Crippen molar-refractivity contribution in [2.45, 2.75) is 49.9 Å². The Labute approximate surface area is 135 Å². The van der Waals surface area contributed by atoms with Gasteiger partial charge in [0.05, 0.1) is 5.56 Å². The highest BCUT2D eigenvalue weighted by Crippen LogP contribution is 2.21. The third kappa shape index (κ3) is 4.91. The Morgan fingerprint density at radius 3 is 2.64 bits per heavy atom. The number of H-pyrrole nitrogens is 1. The Bertz CT molecular complexity index is 641. The van der Waals surface area contributed by atoms with Gasteiger partial charge in [-0.1, -0.05) is 68.3 Å². The molecule has 1 aromatic carbocycles. The second kappa shape index (κ2) is 8.63. The van der Waals surface area contributed by atoms with Gasteiger partial charge in [-0.05, 0) is 18.4 Å². The van der Waals surface area contributed by atoms with Gasteiger partial charge in [0.25, 0.3) is 5.56 Å². The van der Waals surface area contributed by atoms with Crippen molar-refractivity contribution >= 4 is 11.8 Å². The van der Waals surface area contributed by atoms with Gasteiger partial charge in [0.15, 0.2) is 5.16 Å². The van der Waals surface area contributed by atoms with E-state index in [1.54, 1.807) is 0 Å². The molecule has 0 fully saturated rings. The van der Waals surface area contributed by atoms with Gasteiger partial charge < -0.3 is 10.1 Å². The van der Waals surface area contributed by atoms with Crippen LogP contribution in [0, 0.1) is 0 Å². The van der Waals surface area contributed by atoms with E-state index in [4.69, 9.17) is 0 Å². The highest BCUT2D eigenvalue weighted by atomic mass is 32.2. The lowest BCUT2D eigenvalue weighted by Gasteiger charge is -2.06. The van der Waals surface area contributed by atoms with E-state index in [0.29, 0.717) is 22.9 Å². The first kappa shape index (κ1) is 16.6. The van der Waals surface area contributed by atoms with Crippen LogP contribution in [0.3, 0.4) is 0 Å². The highest BCUT2D eigenvalue weighted by Gasteiger charge is 2.10. The van der Waals surface area contributed by atoms with Gasteiger partial charge in [-0.25, -0.2) is 0 Å². The molecule has 0 saturated heterocycles. The number of nitrogens with one attached hydrogen (secondary N) is 1. The zero-order valence-corrected chi connectivity index (χ0v) is 13.7. The molecular weight excluding hydrogens is 296 g/mol. The molecule has 0 spiro atoms. The topological polar surface area (TPSA) is 66.0 Å². The van der Waals surface area contributed by atoms with Gasteiger partial charge in [0.1, 0.15) is 0 Å². The molecule has 2 aromatic rings. The Balaban J connectivity index is 1.98. The lowest BCUT2D eigenvalue weighted by Crippen LogP contribution is -2.15. The lowest BCUT2D eigenvalue weighted by molar-refractivity contribution is 0.434. The zero-order chi connectivity index (χ0) is 15.8. The standard InChI is InChI=1S/C17H22N2O2S/c1-2-3-4-8-11-14-15(20)18-17(19-16(14)21)22-12-13-9-6-5-7-10-13/h5-7,9-10H,2-4,8,11-12H2,1H3,(H2,18,19,20,21). The molecule has 0 saturated carbocycles. The van der Waals surface area contributed by atoms with E-state index in [0.717, 1.165) is 31.2 Å². The number of unbranched alkanes of at least 4 members (excludes halogenated alkanes) is 3. The number of nitrogens with zero attached hydrogens (tertiary/aromatic N) is 1. The van der Waals surface area contributed by atoms with Crippen molar-refractivity contribution in [3.05, 3.63) is 51.8 Å². The summed E-state index contributed by atoms with van der Waals surface area (Å²) in [4.78, 5) is 18.9. The van der Waals surface area contributed by atoms with E-state index in [2.05, 4.69) is 16.9 Å². The van der Waals surface area contributed by atoms with Gasteiger partial charge in [0.2, 0.25) is 5.88 Å². The van der Waals surface area contributed by atoms with Crippen molar-refractivity contribution in [3.8, 4) is 5.88 Å². The minimum atomic E-state index is -0.223. The quantitative estimate of drug-likeness (QED) is 0.440. The van der Waals surface area contributed by atoms with Crippen LogP contribution in [0.25, 0.3) is 0 Å². The maximum atomic E-state index is 12.1. The minimum absolute atomic E-state index is 0.129. The number of aromatic amines is 1. The van der Waals surface area contributed by atoms with Gasteiger partial charge >= 0.3 is 0 Å². The summed E-state index contributed by atoms with van der Waals surface area (Å²) in [7, 11) is 0. The van der Waals surface area contributed by atoms with E-state index in [1.165, 1.54) is 11.8 Å². The van der Waals surface area contributed by atoms with Crippen molar-refractivity contribution in [1.82, 2.24) is 9.97 Å². The van der Waals surface area contributed by atoms with Crippen LogP contribution in [0.1, 0.15) is 43.7 Å². The molecule has 0 atom stereocenters. The molecule has 0 aliphatic carbocycles. The SMILES string of the molecule is CCCCCCc1c(O)nc(SCc2ccccc2)[nH]c1=O. The maximum absolute atomic E-state index is 12.1. The summed E-state index contributed by atoms with van der Waals surface area (Å²) >= 11 is 1.42. The first-order valence-corrected chi connectivity index (χ1v) is 8.68. The molecule has 0 aliphatic heterocycles. The Kier molecular flexibility index (Phi) is 6.52. The molecule has 0 aliphatic rings. The van der Waals surface area contributed by atoms with Crippen LogP contribution in [-0.4, -0.2) is 15.1 Å². The van der Waals surface area contributed by atoms with Crippen molar-refractivity contribution in [1.29, 1.82) is 0 Å². The zero-order valence-electron chi connectivity index (χ0n) is 12.8. The smallest absolute Gasteiger partial charge is 0.258 e. The molecule has 0 radical (unpaired) electrons. The van der Waals surface area contributed by atoms with Crippen molar-refractivity contribution in [2.75, 3.05) is 0 Å². The number of hydrogen-bond donors (Lipinski definition) is 2. The van der Waals surface area contributed by atoms with E-state index in [1.807, 2.05) is 30.3 Å². The van der Waals surface area contributed by atoms with Crippen LogP contribution < -0.4 is 5.56 Å². The minimum Gasteiger partial charge on any atom is -0.493 e. The molecule has 0 amide bonds. The van der Waals surface area contributed by atoms with Gasteiger partial charge in [-0.2, -0.15) is 4.98 Å². The third-order valence-corrected chi connectivity index (χ3v) is 4.42. The summed E-state index contributed by atoms with van der Waals surface area (Å²) in [6.45, 7) is 2.14. The Morgan fingerprint density at radius 1 is 1.18 bits per heavy atom. The summed E-state index contributed by atoms with van der Waals surface area (Å²) in [6, 6.07) is 9.96. The lowest BCUT2D eigenvalue weighted by atomic mass is 10.1. The fraction of sp³-hybridized carbons (Fsp3) is 0.412. The second-order valence-electron chi connectivity index (χ2n) is 5.26. The first-order chi connectivity index (χ1) is 10.7. The summed E-state index contributed by atoms with van der Waals surface area (Å²) < 4.78 is 0. The van der Waals surface area contributed by atoms with Gasteiger partial charge in [-0.3, -0.25) is 4.79 Å². The number of aromatic nitrogens is 2. The first-order valence-electron chi connectivity index (χ1n) is 7.69. The maximum Gasteiger partial charge on any atom is 0.258 e. The van der Waals surface area contributed by atoms with Crippen LogP contribution in [0.4, 0.5) is 0 Å². The van der Waals surface area contributed by atoms with E-state index < -0.39 is 0 Å². The van der Waals surface area contributed by atoms with Crippen LogP contribution in [-0.2, 0) is 12.2 Å². The molecule has 0 bridgehead atoms. The molecular formula is C17H22N2O2S. The summed E-state index contributed by atoms with van der Waals surface area (Å²) in [5.74, 6) is 0.579.